The van der Waals surface area contributed by atoms with Gasteiger partial charge in [0, 0.05) is 6.04 Å². The van der Waals surface area contributed by atoms with E-state index in [9.17, 15) is 0 Å². The van der Waals surface area contributed by atoms with E-state index in [0.29, 0.717) is 23.3 Å². The van der Waals surface area contributed by atoms with Crippen LogP contribution in [0.1, 0.15) is 63.5 Å². The lowest BCUT2D eigenvalue weighted by molar-refractivity contribution is 0.0706. The van der Waals surface area contributed by atoms with E-state index in [-0.39, 0.29) is 0 Å². The zero-order valence-corrected chi connectivity index (χ0v) is 11.5. The van der Waals surface area contributed by atoms with Crippen LogP contribution < -0.4 is 5.73 Å². The molecule has 0 heterocycles. The van der Waals surface area contributed by atoms with Gasteiger partial charge < -0.3 is 5.73 Å². The highest BCUT2D eigenvalue weighted by Crippen LogP contribution is 2.53. The van der Waals surface area contributed by atoms with Gasteiger partial charge in [0.1, 0.15) is 0 Å². The summed E-state index contributed by atoms with van der Waals surface area (Å²) in [6.45, 7) is 9.07. The Hall–Kier alpha value is -0.820. The molecule has 1 aromatic rings. The largest absolute Gasteiger partial charge is 0.327 e. The van der Waals surface area contributed by atoms with E-state index in [1.807, 2.05) is 0 Å². The lowest BCUT2D eigenvalue weighted by Crippen LogP contribution is -2.54. The number of hydrogen-bond acceptors (Lipinski definition) is 1. The topological polar surface area (TPSA) is 26.0 Å². The molecular weight excluding hydrogens is 206 g/mol. The molecule has 0 spiro atoms. The van der Waals surface area contributed by atoms with Crippen LogP contribution in [0.4, 0.5) is 0 Å². The van der Waals surface area contributed by atoms with Crippen LogP contribution in [0.25, 0.3) is 0 Å². The highest BCUT2D eigenvalue weighted by molar-refractivity contribution is 5.31. The third kappa shape index (κ3) is 2.01. The molecule has 0 radical (unpaired) electrons. The Morgan fingerprint density at radius 1 is 1.29 bits per heavy atom. The quantitative estimate of drug-likeness (QED) is 0.834. The minimum Gasteiger partial charge on any atom is -0.327 e. The van der Waals surface area contributed by atoms with E-state index >= 15 is 0 Å². The first-order chi connectivity index (χ1) is 7.99. The zero-order valence-electron chi connectivity index (χ0n) is 11.5. The minimum atomic E-state index is 0.305. The zero-order chi connectivity index (χ0) is 12.6. The summed E-state index contributed by atoms with van der Waals surface area (Å²) in [5, 5.41) is 0. The first-order valence-electron chi connectivity index (χ1n) is 6.84. The Labute approximate surface area is 105 Å². The minimum absolute atomic E-state index is 0.305. The summed E-state index contributed by atoms with van der Waals surface area (Å²) in [4.78, 5) is 0. The Balaban J connectivity index is 2.19. The molecule has 0 aromatic heterocycles. The molecule has 2 rings (SSSR count). The van der Waals surface area contributed by atoms with Gasteiger partial charge >= 0.3 is 0 Å². The fourth-order valence-corrected chi connectivity index (χ4v) is 3.03. The first-order valence-corrected chi connectivity index (χ1v) is 6.84. The molecule has 0 bridgehead atoms. The molecule has 1 nitrogen and oxygen atoms in total. The fraction of sp³-hybridized carbons (Fsp3) is 0.625. The maximum atomic E-state index is 6.17. The first kappa shape index (κ1) is 12.6. The molecule has 94 valence electrons. The van der Waals surface area contributed by atoms with Crippen molar-refractivity contribution >= 4 is 0 Å². The summed E-state index contributed by atoms with van der Waals surface area (Å²) in [7, 11) is 0. The molecule has 1 fully saturated rings. The van der Waals surface area contributed by atoms with Crippen LogP contribution in [0.5, 0.6) is 0 Å². The van der Waals surface area contributed by atoms with Crippen LogP contribution in [0.15, 0.2) is 24.3 Å². The summed E-state index contributed by atoms with van der Waals surface area (Å²) in [5.74, 6) is 1.27. The molecule has 2 N–H and O–H groups in total. The van der Waals surface area contributed by atoms with Crippen LogP contribution >= 0.6 is 0 Å². The van der Waals surface area contributed by atoms with E-state index in [2.05, 4.69) is 52.0 Å². The molecule has 1 heteroatoms. The van der Waals surface area contributed by atoms with Crippen molar-refractivity contribution in [1.82, 2.24) is 0 Å². The highest BCUT2D eigenvalue weighted by Gasteiger charge is 2.48. The second-order valence-electron chi connectivity index (χ2n) is 6.08. The van der Waals surface area contributed by atoms with Crippen LogP contribution in [0.3, 0.4) is 0 Å². The Morgan fingerprint density at radius 2 is 1.88 bits per heavy atom. The van der Waals surface area contributed by atoms with Gasteiger partial charge in [-0.05, 0) is 41.2 Å². The summed E-state index contributed by atoms with van der Waals surface area (Å²) in [5.41, 5.74) is 9.38. The molecular formula is C16H25N. The maximum absolute atomic E-state index is 6.17. The predicted molar refractivity (Wildman–Crippen MR) is 74.3 cm³/mol. The van der Waals surface area contributed by atoms with Gasteiger partial charge in [-0.2, -0.15) is 0 Å². The van der Waals surface area contributed by atoms with E-state index in [0.717, 1.165) is 6.42 Å². The molecule has 0 aliphatic heterocycles. The van der Waals surface area contributed by atoms with Crippen molar-refractivity contribution in [2.45, 2.75) is 58.4 Å². The predicted octanol–water partition coefficient (Wildman–Crippen LogP) is 4.04. The second-order valence-corrected chi connectivity index (χ2v) is 6.08. The van der Waals surface area contributed by atoms with Crippen molar-refractivity contribution in [2.75, 3.05) is 0 Å². The summed E-state index contributed by atoms with van der Waals surface area (Å²) < 4.78 is 0. The van der Waals surface area contributed by atoms with Crippen molar-refractivity contribution in [2.24, 2.45) is 11.1 Å². The van der Waals surface area contributed by atoms with E-state index in [4.69, 9.17) is 5.73 Å². The van der Waals surface area contributed by atoms with Gasteiger partial charge in [0.2, 0.25) is 0 Å². The van der Waals surface area contributed by atoms with Crippen LogP contribution in [0, 0.1) is 5.41 Å². The molecule has 3 atom stereocenters. The lowest BCUT2D eigenvalue weighted by Gasteiger charge is -2.53. The third-order valence-corrected chi connectivity index (χ3v) is 4.90. The Morgan fingerprint density at radius 3 is 2.29 bits per heavy atom. The summed E-state index contributed by atoms with van der Waals surface area (Å²) in [6, 6.07) is 9.54. The normalized spacial score (nSPS) is 32.6. The number of nitrogens with two attached hydrogens (primary N) is 1. The molecule has 17 heavy (non-hydrogen) atoms. The molecule has 0 saturated heterocycles. The molecule has 1 aliphatic carbocycles. The van der Waals surface area contributed by atoms with Crippen molar-refractivity contribution in [3.05, 3.63) is 35.4 Å². The Kier molecular flexibility index (Phi) is 3.31. The molecule has 0 amide bonds. The third-order valence-electron chi connectivity index (χ3n) is 4.90. The Bertz CT molecular complexity index is 379. The lowest BCUT2D eigenvalue weighted by atomic mass is 9.54. The number of rotatable bonds is 3. The van der Waals surface area contributed by atoms with Crippen molar-refractivity contribution < 1.29 is 0 Å². The molecule has 3 unspecified atom stereocenters. The van der Waals surface area contributed by atoms with E-state index in [1.54, 1.807) is 0 Å². The smallest absolute Gasteiger partial charge is 0.0105 e. The second kappa shape index (κ2) is 4.45. The number of benzene rings is 1. The standard InChI is InChI=1S/C16H25N/c1-5-16(4)14(10-15(16)17)13-8-6-12(7-9-13)11(2)3/h6-9,11,14-15H,5,10,17H2,1-4H3. The fourth-order valence-electron chi connectivity index (χ4n) is 3.03. The van der Waals surface area contributed by atoms with Gasteiger partial charge in [-0.3, -0.25) is 0 Å². The van der Waals surface area contributed by atoms with Crippen molar-refractivity contribution in [1.29, 1.82) is 0 Å². The van der Waals surface area contributed by atoms with Gasteiger partial charge in [-0.1, -0.05) is 52.0 Å². The van der Waals surface area contributed by atoms with Crippen LogP contribution in [0.2, 0.25) is 0 Å². The van der Waals surface area contributed by atoms with Gasteiger partial charge in [0.15, 0.2) is 0 Å². The SMILES string of the molecule is CCC1(C)C(N)CC1c1ccc(C(C)C)cc1. The van der Waals surface area contributed by atoms with E-state index in [1.165, 1.54) is 17.5 Å². The van der Waals surface area contributed by atoms with Crippen molar-refractivity contribution in [3.8, 4) is 0 Å². The van der Waals surface area contributed by atoms with Crippen LogP contribution in [-0.2, 0) is 0 Å². The summed E-state index contributed by atoms with van der Waals surface area (Å²) >= 11 is 0. The monoisotopic (exact) mass is 231 g/mol. The van der Waals surface area contributed by atoms with Gasteiger partial charge in [-0.25, -0.2) is 0 Å². The van der Waals surface area contributed by atoms with E-state index < -0.39 is 0 Å². The van der Waals surface area contributed by atoms with Crippen molar-refractivity contribution in [3.63, 3.8) is 0 Å². The van der Waals surface area contributed by atoms with Crippen LogP contribution in [-0.4, -0.2) is 6.04 Å². The molecule has 1 saturated carbocycles. The summed E-state index contributed by atoms with van der Waals surface area (Å²) in [6.07, 6.45) is 2.32. The maximum Gasteiger partial charge on any atom is 0.0105 e. The average molecular weight is 231 g/mol. The van der Waals surface area contributed by atoms with Gasteiger partial charge in [0.05, 0.1) is 0 Å². The van der Waals surface area contributed by atoms with Gasteiger partial charge in [0.25, 0.3) is 0 Å². The molecule has 1 aliphatic rings. The highest BCUT2D eigenvalue weighted by atomic mass is 14.8. The number of hydrogen-bond donors (Lipinski definition) is 1. The average Bonchev–Trinajstić information content (AvgIpc) is 2.34. The molecule has 1 aromatic carbocycles. The van der Waals surface area contributed by atoms with Gasteiger partial charge in [-0.15, -0.1) is 0 Å².